The first-order valence-corrected chi connectivity index (χ1v) is 11.2. The van der Waals surface area contributed by atoms with Crippen molar-refractivity contribution in [2.75, 3.05) is 14.2 Å². The topological polar surface area (TPSA) is 74.6 Å². The molecule has 4 aromatic rings. The van der Waals surface area contributed by atoms with Gasteiger partial charge in [-0.05, 0) is 48.0 Å². The minimum atomic E-state index is -0.163. The van der Waals surface area contributed by atoms with Gasteiger partial charge in [0.1, 0.15) is 24.7 Å². The highest BCUT2D eigenvalue weighted by Gasteiger charge is 2.15. The lowest BCUT2D eigenvalue weighted by molar-refractivity contribution is -0.121. The van der Waals surface area contributed by atoms with E-state index in [0.717, 1.165) is 16.6 Å². The summed E-state index contributed by atoms with van der Waals surface area (Å²) in [7, 11) is 3.15. The second-order valence-corrected chi connectivity index (χ2v) is 8.28. The van der Waals surface area contributed by atoms with Crippen LogP contribution in [-0.4, -0.2) is 29.7 Å². The lowest BCUT2D eigenvalue weighted by atomic mass is 10.2. The average Bonchev–Trinajstić information content (AvgIpc) is 3.19. The van der Waals surface area contributed by atoms with E-state index >= 15 is 0 Å². The van der Waals surface area contributed by atoms with E-state index in [9.17, 15) is 4.79 Å². The van der Waals surface area contributed by atoms with Crippen molar-refractivity contribution < 1.29 is 19.0 Å². The van der Waals surface area contributed by atoms with E-state index < -0.39 is 0 Å². The molecule has 1 amide bonds. The quantitative estimate of drug-likeness (QED) is 0.340. The molecule has 0 unspecified atom stereocenters. The number of nitrogens with zero attached hydrogens (tertiary/aromatic N) is 2. The second-order valence-electron chi connectivity index (χ2n) is 7.43. The Morgan fingerprint density at radius 3 is 2.50 bits per heavy atom. The van der Waals surface area contributed by atoms with Crippen LogP contribution >= 0.6 is 23.2 Å². The molecule has 0 radical (unpaired) electrons. The Balaban J connectivity index is 1.49. The van der Waals surface area contributed by atoms with Gasteiger partial charge in [0.05, 0.1) is 30.3 Å². The molecule has 34 heavy (non-hydrogen) atoms. The number of hydrogen-bond donors (Lipinski definition) is 1. The lowest BCUT2D eigenvalue weighted by Gasteiger charge is -2.13. The van der Waals surface area contributed by atoms with Crippen LogP contribution in [-0.2, 0) is 24.5 Å². The molecule has 0 atom stereocenters. The van der Waals surface area contributed by atoms with Gasteiger partial charge < -0.3 is 24.1 Å². The van der Waals surface area contributed by atoms with E-state index in [-0.39, 0.29) is 19.1 Å². The first-order valence-electron chi connectivity index (χ1n) is 10.5. The van der Waals surface area contributed by atoms with Gasteiger partial charge in [-0.3, -0.25) is 4.79 Å². The van der Waals surface area contributed by atoms with Crippen LogP contribution < -0.4 is 19.5 Å². The van der Waals surface area contributed by atoms with Gasteiger partial charge in [-0.2, -0.15) is 0 Å². The SMILES string of the molecule is COc1ccc(CNC(=O)Cn2c(COc3ccc(Cl)cc3Cl)nc3ccccc32)cc1OC. The molecule has 0 aliphatic rings. The van der Waals surface area contributed by atoms with E-state index in [1.165, 1.54) is 0 Å². The number of hydrogen-bond acceptors (Lipinski definition) is 5. The van der Waals surface area contributed by atoms with Gasteiger partial charge in [-0.25, -0.2) is 4.98 Å². The third-order valence-electron chi connectivity index (χ3n) is 5.22. The summed E-state index contributed by atoms with van der Waals surface area (Å²) in [5.41, 5.74) is 2.50. The second kappa shape index (κ2) is 10.7. The Kier molecular flexibility index (Phi) is 7.45. The number of amides is 1. The fourth-order valence-corrected chi connectivity index (χ4v) is 4.00. The van der Waals surface area contributed by atoms with Gasteiger partial charge in [0.25, 0.3) is 0 Å². The normalized spacial score (nSPS) is 10.8. The fourth-order valence-electron chi connectivity index (χ4n) is 3.54. The first-order chi connectivity index (χ1) is 16.5. The van der Waals surface area contributed by atoms with E-state index in [0.29, 0.717) is 39.7 Å². The van der Waals surface area contributed by atoms with Crippen molar-refractivity contribution in [2.45, 2.75) is 19.7 Å². The Labute approximate surface area is 207 Å². The number of aromatic nitrogens is 2. The summed E-state index contributed by atoms with van der Waals surface area (Å²) in [4.78, 5) is 17.5. The molecule has 1 heterocycles. The summed E-state index contributed by atoms with van der Waals surface area (Å²) in [6.45, 7) is 0.567. The molecule has 1 aromatic heterocycles. The van der Waals surface area contributed by atoms with Crippen molar-refractivity contribution in [1.82, 2.24) is 14.9 Å². The van der Waals surface area contributed by atoms with Crippen molar-refractivity contribution in [3.63, 3.8) is 0 Å². The number of rotatable bonds is 9. The third kappa shape index (κ3) is 5.38. The number of carbonyl (C=O) groups excluding carboxylic acids is 1. The zero-order valence-electron chi connectivity index (χ0n) is 18.7. The molecule has 0 aliphatic carbocycles. The minimum Gasteiger partial charge on any atom is -0.493 e. The van der Waals surface area contributed by atoms with Crippen LogP contribution in [0.3, 0.4) is 0 Å². The molecule has 4 rings (SSSR count). The Morgan fingerprint density at radius 1 is 0.971 bits per heavy atom. The summed E-state index contributed by atoms with van der Waals surface area (Å²) >= 11 is 12.2. The Bertz CT molecular complexity index is 1320. The van der Waals surface area contributed by atoms with Gasteiger partial charge >= 0.3 is 0 Å². The molecule has 0 saturated carbocycles. The minimum absolute atomic E-state index is 0.0842. The van der Waals surface area contributed by atoms with Gasteiger partial charge in [-0.1, -0.05) is 41.4 Å². The zero-order chi connectivity index (χ0) is 24.1. The zero-order valence-corrected chi connectivity index (χ0v) is 20.2. The van der Waals surface area contributed by atoms with E-state index in [1.807, 2.05) is 41.0 Å². The molecule has 9 heteroatoms. The maximum absolute atomic E-state index is 12.8. The fraction of sp³-hybridized carbons (Fsp3) is 0.200. The van der Waals surface area contributed by atoms with Crippen molar-refractivity contribution >= 4 is 40.1 Å². The molecular formula is C25H23Cl2N3O4. The van der Waals surface area contributed by atoms with E-state index in [4.69, 9.17) is 37.4 Å². The number of benzene rings is 3. The van der Waals surface area contributed by atoms with Gasteiger partial charge in [-0.15, -0.1) is 0 Å². The number of para-hydroxylation sites is 2. The van der Waals surface area contributed by atoms with Crippen LogP contribution in [0.1, 0.15) is 11.4 Å². The molecular weight excluding hydrogens is 477 g/mol. The molecule has 0 saturated heterocycles. The number of methoxy groups -OCH3 is 2. The number of fused-ring (bicyclic) bond motifs is 1. The predicted molar refractivity (Wildman–Crippen MR) is 132 cm³/mol. The molecule has 0 spiro atoms. The summed E-state index contributed by atoms with van der Waals surface area (Å²) in [5, 5.41) is 3.88. The number of nitrogens with one attached hydrogen (secondary N) is 1. The summed E-state index contributed by atoms with van der Waals surface area (Å²) in [6.07, 6.45) is 0. The van der Waals surface area contributed by atoms with Gasteiger partial charge in [0.2, 0.25) is 5.91 Å². The smallest absolute Gasteiger partial charge is 0.240 e. The number of imidazole rings is 1. The highest BCUT2D eigenvalue weighted by Crippen LogP contribution is 2.29. The van der Waals surface area contributed by atoms with E-state index in [2.05, 4.69) is 10.3 Å². The third-order valence-corrected chi connectivity index (χ3v) is 5.75. The van der Waals surface area contributed by atoms with Crippen LogP contribution in [0, 0.1) is 0 Å². The molecule has 0 aliphatic heterocycles. The van der Waals surface area contributed by atoms with Crippen LogP contribution in [0.4, 0.5) is 0 Å². The number of halogens is 2. The summed E-state index contributed by atoms with van der Waals surface area (Å²) < 4.78 is 18.3. The van der Waals surface area contributed by atoms with E-state index in [1.54, 1.807) is 38.5 Å². The molecule has 1 N–H and O–H groups in total. The van der Waals surface area contributed by atoms with Crippen molar-refractivity contribution in [3.8, 4) is 17.2 Å². The average molecular weight is 500 g/mol. The Morgan fingerprint density at radius 2 is 1.74 bits per heavy atom. The Hall–Kier alpha value is -3.42. The first kappa shape index (κ1) is 23.7. The van der Waals surface area contributed by atoms with Crippen LogP contribution in [0.2, 0.25) is 10.0 Å². The summed E-state index contributed by atoms with van der Waals surface area (Å²) in [6, 6.07) is 18.2. The van der Waals surface area contributed by atoms with Crippen molar-refractivity contribution in [1.29, 1.82) is 0 Å². The lowest BCUT2D eigenvalue weighted by Crippen LogP contribution is -2.28. The van der Waals surface area contributed by atoms with Gasteiger partial charge in [0, 0.05) is 11.6 Å². The van der Waals surface area contributed by atoms with Crippen molar-refractivity contribution in [3.05, 3.63) is 82.1 Å². The number of carbonyl (C=O) groups is 1. The molecule has 7 nitrogen and oxygen atoms in total. The number of ether oxygens (including phenoxy) is 3. The standard InChI is InChI=1S/C25H23Cl2N3O4/c1-32-22-9-7-16(11-23(22)33-2)13-28-25(31)14-30-20-6-4-3-5-19(20)29-24(30)15-34-21-10-8-17(26)12-18(21)27/h3-12H,13-15H2,1-2H3,(H,28,31). The predicted octanol–water partition coefficient (Wildman–Crippen LogP) is 5.26. The maximum atomic E-state index is 12.8. The summed E-state index contributed by atoms with van der Waals surface area (Å²) in [5.74, 6) is 2.17. The largest absolute Gasteiger partial charge is 0.493 e. The molecule has 176 valence electrons. The van der Waals surface area contributed by atoms with Crippen LogP contribution in [0.15, 0.2) is 60.7 Å². The van der Waals surface area contributed by atoms with Gasteiger partial charge in [0.15, 0.2) is 11.5 Å². The maximum Gasteiger partial charge on any atom is 0.240 e. The molecule has 0 fully saturated rings. The highest BCUT2D eigenvalue weighted by molar-refractivity contribution is 6.35. The highest BCUT2D eigenvalue weighted by atomic mass is 35.5. The van der Waals surface area contributed by atoms with Crippen LogP contribution in [0.25, 0.3) is 11.0 Å². The molecule has 3 aromatic carbocycles. The van der Waals surface area contributed by atoms with Crippen LogP contribution in [0.5, 0.6) is 17.2 Å². The monoisotopic (exact) mass is 499 g/mol. The molecule has 0 bridgehead atoms. The van der Waals surface area contributed by atoms with Crippen molar-refractivity contribution in [2.24, 2.45) is 0 Å².